The molecule has 4 fully saturated rings. The first-order chi connectivity index (χ1) is 16.4. The van der Waals surface area contributed by atoms with Gasteiger partial charge in [0.15, 0.2) is 0 Å². The van der Waals surface area contributed by atoms with E-state index in [1.165, 1.54) is 6.42 Å². The van der Waals surface area contributed by atoms with E-state index in [9.17, 15) is 19.5 Å². The number of aliphatic hydroxyl groups is 1. The number of hydrogen-bond acceptors (Lipinski definition) is 6. The molecule has 1 aliphatic carbocycles. The highest BCUT2D eigenvalue weighted by molar-refractivity contribution is 8.02. The summed E-state index contributed by atoms with van der Waals surface area (Å²) in [7, 11) is 0. The summed E-state index contributed by atoms with van der Waals surface area (Å²) in [4.78, 5) is 45.1. The standard InChI is InChI=1S/C26H40N2O5S/c1-4-13-27(18-11-7-6-8-12-18)24(31)22-26-17(3)16-19(34-26)20(25(32)33-5-2)21(26)23(30)28(22)14-9-10-15-29/h4,17-22,29H,1,5-16H2,2-3H3/t17?,19-,20+,21+,22?,26?/m1/s1. The Hall–Kier alpha value is -1.54. The fraction of sp³-hybridized carbons (Fsp3) is 0.808. The van der Waals surface area contributed by atoms with Crippen LogP contribution in [0.3, 0.4) is 0 Å². The number of carbonyl (C=O) groups excluding carboxylic acids is 3. The molecule has 8 heteroatoms. The third-order valence-corrected chi connectivity index (χ3v) is 10.5. The Kier molecular flexibility index (Phi) is 7.97. The Morgan fingerprint density at radius 3 is 2.68 bits per heavy atom. The topological polar surface area (TPSA) is 87.2 Å². The van der Waals surface area contributed by atoms with Crippen LogP contribution in [0.15, 0.2) is 12.7 Å². The number of likely N-dealkylation sites (tertiary alicyclic amines) is 1. The van der Waals surface area contributed by atoms with Gasteiger partial charge >= 0.3 is 5.97 Å². The molecule has 0 aromatic heterocycles. The largest absolute Gasteiger partial charge is 0.466 e. The molecule has 3 aliphatic heterocycles. The van der Waals surface area contributed by atoms with Crippen molar-refractivity contribution in [3.63, 3.8) is 0 Å². The van der Waals surface area contributed by atoms with Crippen LogP contribution in [-0.2, 0) is 19.1 Å². The number of fused-ring (bicyclic) bond motifs is 1. The average Bonchev–Trinajstić information content (AvgIpc) is 3.42. The number of thioether (sulfide) groups is 1. The van der Waals surface area contributed by atoms with Crippen molar-refractivity contribution < 1.29 is 24.2 Å². The van der Waals surface area contributed by atoms with Crippen molar-refractivity contribution in [2.75, 3.05) is 26.3 Å². The lowest BCUT2D eigenvalue weighted by atomic mass is 9.66. The highest BCUT2D eigenvalue weighted by atomic mass is 32.2. The van der Waals surface area contributed by atoms with Gasteiger partial charge in [0.25, 0.3) is 0 Å². The summed E-state index contributed by atoms with van der Waals surface area (Å²) in [6.45, 7) is 9.09. The molecule has 3 saturated heterocycles. The SMILES string of the molecule is C=CCN(C(=O)C1N(CCCCO)C(=O)[C@@H]2[C@@H](C(=O)OCC)[C@H]3CC(C)C12S3)C1CCCCC1. The Morgan fingerprint density at radius 2 is 2.03 bits per heavy atom. The summed E-state index contributed by atoms with van der Waals surface area (Å²) >= 11 is 1.70. The van der Waals surface area contributed by atoms with Crippen LogP contribution in [0.1, 0.15) is 65.2 Å². The van der Waals surface area contributed by atoms with Crippen LogP contribution < -0.4 is 0 Å². The van der Waals surface area contributed by atoms with Crippen molar-refractivity contribution in [1.29, 1.82) is 0 Å². The Labute approximate surface area is 207 Å². The first kappa shape index (κ1) is 25.5. The first-order valence-electron chi connectivity index (χ1n) is 13.1. The fourth-order valence-electron chi connectivity index (χ4n) is 7.05. The smallest absolute Gasteiger partial charge is 0.310 e. The van der Waals surface area contributed by atoms with Crippen molar-refractivity contribution in [2.24, 2.45) is 17.8 Å². The van der Waals surface area contributed by atoms with E-state index in [1.807, 2.05) is 4.90 Å². The fourth-order valence-corrected chi connectivity index (χ4v) is 9.45. The molecule has 4 aliphatic rings. The number of nitrogens with zero attached hydrogens (tertiary/aromatic N) is 2. The number of ether oxygens (including phenoxy) is 1. The van der Waals surface area contributed by atoms with Crippen LogP contribution in [-0.4, -0.2) is 81.1 Å². The van der Waals surface area contributed by atoms with Gasteiger partial charge < -0.3 is 19.6 Å². The molecule has 1 N–H and O–H groups in total. The van der Waals surface area contributed by atoms with Crippen LogP contribution in [0.2, 0.25) is 0 Å². The molecule has 34 heavy (non-hydrogen) atoms. The van der Waals surface area contributed by atoms with Crippen LogP contribution in [0, 0.1) is 17.8 Å². The van der Waals surface area contributed by atoms with Crippen LogP contribution in [0.25, 0.3) is 0 Å². The molecule has 6 atom stereocenters. The van der Waals surface area contributed by atoms with Crippen molar-refractivity contribution >= 4 is 29.5 Å². The molecule has 1 saturated carbocycles. The zero-order chi connectivity index (χ0) is 24.5. The van der Waals surface area contributed by atoms with E-state index in [1.54, 1.807) is 29.7 Å². The van der Waals surface area contributed by atoms with Gasteiger partial charge in [-0.1, -0.05) is 32.3 Å². The van der Waals surface area contributed by atoms with Gasteiger partial charge in [0.05, 0.1) is 23.2 Å². The number of unbranched alkanes of at least 4 members (excludes halogenated alkanes) is 1. The van der Waals surface area contributed by atoms with Crippen molar-refractivity contribution in [1.82, 2.24) is 9.80 Å². The quantitative estimate of drug-likeness (QED) is 0.287. The van der Waals surface area contributed by atoms with Gasteiger partial charge in [-0.05, 0) is 44.9 Å². The summed E-state index contributed by atoms with van der Waals surface area (Å²) < 4.78 is 4.81. The molecule has 0 aromatic rings. The molecule has 2 bridgehead atoms. The molecular weight excluding hydrogens is 452 g/mol. The van der Waals surface area contributed by atoms with E-state index < -0.39 is 22.6 Å². The molecule has 2 amide bonds. The minimum atomic E-state index is -0.608. The van der Waals surface area contributed by atoms with Gasteiger partial charge in [-0.25, -0.2) is 0 Å². The number of esters is 1. The lowest BCUT2D eigenvalue weighted by molar-refractivity contribution is -0.154. The zero-order valence-corrected chi connectivity index (χ0v) is 21.4. The van der Waals surface area contributed by atoms with Crippen molar-refractivity contribution in [2.45, 2.75) is 87.3 Å². The summed E-state index contributed by atoms with van der Waals surface area (Å²) in [6.07, 6.45) is 9.21. The van der Waals surface area contributed by atoms with E-state index in [2.05, 4.69) is 13.5 Å². The van der Waals surface area contributed by atoms with E-state index in [-0.39, 0.29) is 48.2 Å². The van der Waals surface area contributed by atoms with Gasteiger partial charge in [0.1, 0.15) is 6.04 Å². The van der Waals surface area contributed by atoms with Crippen LogP contribution in [0.4, 0.5) is 0 Å². The summed E-state index contributed by atoms with van der Waals surface area (Å²) in [5.41, 5.74) is 0. The third-order valence-electron chi connectivity index (χ3n) is 8.47. The lowest BCUT2D eigenvalue weighted by Crippen LogP contribution is -2.59. The number of hydrogen-bond donors (Lipinski definition) is 1. The van der Waals surface area contributed by atoms with E-state index in [0.29, 0.717) is 25.9 Å². The van der Waals surface area contributed by atoms with Crippen LogP contribution >= 0.6 is 11.8 Å². The van der Waals surface area contributed by atoms with Gasteiger partial charge in [-0.15, -0.1) is 18.3 Å². The summed E-state index contributed by atoms with van der Waals surface area (Å²) in [6, 6.07) is -0.418. The van der Waals surface area contributed by atoms with E-state index >= 15 is 0 Å². The molecular formula is C26H40N2O5S. The van der Waals surface area contributed by atoms with E-state index in [0.717, 1.165) is 32.1 Å². The van der Waals surface area contributed by atoms with Crippen molar-refractivity contribution in [3.05, 3.63) is 12.7 Å². The second kappa shape index (κ2) is 10.6. The second-order valence-corrected chi connectivity index (χ2v) is 11.9. The minimum absolute atomic E-state index is 0.0103. The lowest BCUT2D eigenvalue weighted by Gasteiger charge is -2.43. The molecule has 1 spiro atoms. The van der Waals surface area contributed by atoms with Crippen LogP contribution in [0.5, 0.6) is 0 Å². The summed E-state index contributed by atoms with van der Waals surface area (Å²) in [5, 5.41) is 9.35. The normalized spacial score (nSPS) is 34.9. The number of rotatable bonds is 10. The summed E-state index contributed by atoms with van der Waals surface area (Å²) in [5.74, 6) is -1.24. The van der Waals surface area contributed by atoms with Gasteiger partial charge in [0, 0.05) is 31.0 Å². The Bertz CT molecular complexity index is 800. The molecule has 0 radical (unpaired) electrons. The minimum Gasteiger partial charge on any atom is -0.466 e. The third kappa shape index (κ3) is 4.08. The predicted molar refractivity (Wildman–Crippen MR) is 132 cm³/mol. The maximum Gasteiger partial charge on any atom is 0.310 e. The van der Waals surface area contributed by atoms with E-state index in [4.69, 9.17) is 4.74 Å². The Morgan fingerprint density at radius 1 is 1.29 bits per heavy atom. The maximum absolute atomic E-state index is 14.4. The van der Waals surface area contributed by atoms with Gasteiger partial charge in [-0.3, -0.25) is 14.4 Å². The maximum atomic E-state index is 14.4. The Balaban J connectivity index is 1.73. The second-order valence-electron chi connectivity index (χ2n) is 10.3. The zero-order valence-electron chi connectivity index (χ0n) is 20.6. The molecule has 3 heterocycles. The monoisotopic (exact) mass is 492 g/mol. The molecule has 3 unspecified atom stereocenters. The van der Waals surface area contributed by atoms with Crippen molar-refractivity contribution in [3.8, 4) is 0 Å². The molecule has 7 nitrogen and oxygen atoms in total. The number of carbonyl (C=O) groups is 3. The number of amides is 2. The average molecular weight is 493 g/mol. The highest BCUT2D eigenvalue weighted by Crippen LogP contribution is 2.68. The van der Waals surface area contributed by atoms with Gasteiger partial charge in [-0.2, -0.15) is 0 Å². The van der Waals surface area contributed by atoms with Gasteiger partial charge in [0.2, 0.25) is 11.8 Å². The first-order valence-corrected chi connectivity index (χ1v) is 14.0. The molecule has 0 aromatic carbocycles. The predicted octanol–water partition coefficient (Wildman–Crippen LogP) is 3.01. The molecule has 190 valence electrons. The molecule has 4 rings (SSSR count). The number of aliphatic hydroxyl groups excluding tert-OH is 1. The highest BCUT2D eigenvalue weighted by Gasteiger charge is 2.76.